The third-order valence-electron chi connectivity index (χ3n) is 2.54. The Labute approximate surface area is 109 Å². The summed E-state index contributed by atoms with van der Waals surface area (Å²) >= 11 is 0. The van der Waals surface area contributed by atoms with E-state index in [0.717, 1.165) is 5.56 Å². The summed E-state index contributed by atoms with van der Waals surface area (Å²) in [6, 6.07) is 9.58. The first-order valence-corrected chi connectivity index (χ1v) is 5.98. The maximum Gasteiger partial charge on any atom is 0.324 e. The molecule has 0 radical (unpaired) electrons. The molecular weight excluding hydrogens is 224 g/mol. The van der Waals surface area contributed by atoms with Crippen LogP contribution in [0.1, 0.15) is 25.8 Å². The number of hydrogen-bond donors (Lipinski definition) is 0. The average Bonchev–Trinajstić information content (AvgIpc) is 2.38. The predicted octanol–water partition coefficient (Wildman–Crippen LogP) is 3.18. The Morgan fingerprint density at radius 1 is 1.44 bits per heavy atom. The molecule has 1 aromatic carbocycles. The molecule has 0 aromatic heterocycles. The Morgan fingerprint density at radius 2 is 2.11 bits per heavy atom. The Kier molecular flexibility index (Phi) is 5.20. The molecule has 0 saturated heterocycles. The maximum atomic E-state index is 11.9. The Morgan fingerprint density at radius 3 is 2.67 bits per heavy atom. The SMILES string of the molecule is C=CCC(C)(C#Cc1ccccc1)C(=O)OCC. The van der Waals surface area contributed by atoms with Crippen LogP contribution in [0.25, 0.3) is 0 Å². The number of esters is 1. The number of rotatable bonds is 4. The summed E-state index contributed by atoms with van der Waals surface area (Å²) in [7, 11) is 0. The highest BCUT2D eigenvalue weighted by atomic mass is 16.5. The lowest BCUT2D eigenvalue weighted by atomic mass is 9.87. The molecule has 0 saturated carbocycles. The molecular formula is C16H18O2. The van der Waals surface area contributed by atoms with Crippen LogP contribution in [0.2, 0.25) is 0 Å². The summed E-state index contributed by atoms with van der Waals surface area (Å²) < 4.78 is 5.06. The first-order chi connectivity index (χ1) is 8.62. The molecule has 0 spiro atoms. The summed E-state index contributed by atoms with van der Waals surface area (Å²) in [4.78, 5) is 11.9. The third kappa shape index (κ3) is 3.78. The minimum atomic E-state index is -0.826. The molecule has 1 rings (SSSR count). The highest BCUT2D eigenvalue weighted by Crippen LogP contribution is 2.23. The van der Waals surface area contributed by atoms with Crippen molar-refractivity contribution in [2.24, 2.45) is 5.41 Å². The average molecular weight is 242 g/mol. The van der Waals surface area contributed by atoms with Crippen LogP contribution in [0.15, 0.2) is 43.0 Å². The second-order valence-electron chi connectivity index (χ2n) is 4.16. The van der Waals surface area contributed by atoms with Gasteiger partial charge >= 0.3 is 5.97 Å². The van der Waals surface area contributed by atoms with Crippen molar-refractivity contribution < 1.29 is 9.53 Å². The molecule has 18 heavy (non-hydrogen) atoms. The first kappa shape index (κ1) is 14.1. The molecule has 1 atom stereocenters. The molecule has 0 amide bonds. The standard InChI is InChI=1S/C16H18O2/c1-4-12-16(3,15(17)18-5-2)13-11-14-9-7-6-8-10-14/h4,6-10H,1,5,12H2,2-3H3. The lowest BCUT2D eigenvalue weighted by Crippen LogP contribution is -2.28. The number of hydrogen-bond acceptors (Lipinski definition) is 2. The Hall–Kier alpha value is -2.01. The highest BCUT2D eigenvalue weighted by Gasteiger charge is 2.31. The zero-order valence-corrected chi connectivity index (χ0v) is 10.9. The van der Waals surface area contributed by atoms with Gasteiger partial charge in [0.05, 0.1) is 6.61 Å². The van der Waals surface area contributed by atoms with Crippen LogP contribution in [-0.2, 0) is 9.53 Å². The molecule has 1 aromatic rings. The highest BCUT2D eigenvalue weighted by molar-refractivity contribution is 5.80. The van der Waals surface area contributed by atoms with Gasteiger partial charge in [-0.2, -0.15) is 0 Å². The van der Waals surface area contributed by atoms with E-state index >= 15 is 0 Å². The Bertz CT molecular complexity index is 465. The van der Waals surface area contributed by atoms with Crippen molar-refractivity contribution in [3.8, 4) is 11.8 Å². The minimum absolute atomic E-state index is 0.298. The van der Waals surface area contributed by atoms with Gasteiger partial charge in [-0.05, 0) is 32.4 Å². The van der Waals surface area contributed by atoms with Gasteiger partial charge in [0, 0.05) is 5.56 Å². The zero-order valence-electron chi connectivity index (χ0n) is 10.9. The number of ether oxygens (including phenoxy) is 1. The Balaban J connectivity index is 2.96. The summed E-state index contributed by atoms with van der Waals surface area (Å²) in [6.07, 6.45) is 2.17. The van der Waals surface area contributed by atoms with Crippen molar-refractivity contribution in [2.45, 2.75) is 20.3 Å². The van der Waals surface area contributed by atoms with Crippen LogP contribution in [-0.4, -0.2) is 12.6 Å². The van der Waals surface area contributed by atoms with Crippen molar-refractivity contribution in [1.29, 1.82) is 0 Å². The van der Waals surface area contributed by atoms with E-state index in [4.69, 9.17) is 4.74 Å². The normalized spacial score (nSPS) is 12.8. The number of carbonyl (C=O) groups is 1. The number of allylic oxidation sites excluding steroid dienone is 1. The van der Waals surface area contributed by atoms with Gasteiger partial charge in [-0.25, -0.2) is 0 Å². The summed E-state index contributed by atoms with van der Waals surface area (Å²) in [5.41, 5.74) is 0.0604. The monoisotopic (exact) mass is 242 g/mol. The van der Waals surface area contributed by atoms with Gasteiger partial charge in [0.15, 0.2) is 0 Å². The van der Waals surface area contributed by atoms with Crippen LogP contribution < -0.4 is 0 Å². The van der Waals surface area contributed by atoms with Gasteiger partial charge in [-0.1, -0.05) is 36.1 Å². The maximum absolute atomic E-state index is 11.9. The van der Waals surface area contributed by atoms with E-state index in [1.807, 2.05) is 30.3 Å². The van der Waals surface area contributed by atoms with E-state index < -0.39 is 5.41 Å². The molecule has 0 fully saturated rings. The van der Waals surface area contributed by atoms with E-state index in [1.165, 1.54) is 0 Å². The second-order valence-corrected chi connectivity index (χ2v) is 4.16. The van der Waals surface area contributed by atoms with Gasteiger partial charge in [0.25, 0.3) is 0 Å². The molecule has 0 aliphatic heterocycles. The number of benzene rings is 1. The lowest BCUT2D eigenvalue weighted by molar-refractivity contribution is -0.150. The van der Waals surface area contributed by atoms with Crippen LogP contribution in [0.3, 0.4) is 0 Å². The topological polar surface area (TPSA) is 26.3 Å². The molecule has 0 heterocycles. The zero-order chi connectivity index (χ0) is 13.4. The van der Waals surface area contributed by atoms with Gasteiger partial charge in [-0.3, -0.25) is 4.79 Å². The molecule has 94 valence electrons. The van der Waals surface area contributed by atoms with Crippen molar-refractivity contribution in [2.75, 3.05) is 6.61 Å². The van der Waals surface area contributed by atoms with E-state index in [1.54, 1.807) is 19.9 Å². The van der Waals surface area contributed by atoms with Crippen molar-refractivity contribution in [3.63, 3.8) is 0 Å². The van der Waals surface area contributed by atoms with Crippen LogP contribution in [0.5, 0.6) is 0 Å². The molecule has 1 unspecified atom stereocenters. The third-order valence-corrected chi connectivity index (χ3v) is 2.54. The van der Waals surface area contributed by atoms with Crippen LogP contribution >= 0.6 is 0 Å². The fourth-order valence-corrected chi connectivity index (χ4v) is 1.50. The summed E-state index contributed by atoms with van der Waals surface area (Å²) in [6.45, 7) is 7.60. The van der Waals surface area contributed by atoms with Crippen molar-refractivity contribution >= 4 is 5.97 Å². The molecule has 0 bridgehead atoms. The van der Waals surface area contributed by atoms with Crippen molar-refractivity contribution in [1.82, 2.24) is 0 Å². The van der Waals surface area contributed by atoms with E-state index in [2.05, 4.69) is 18.4 Å². The largest absolute Gasteiger partial charge is 0.465 e. The minimum Gasteiger partial charge on any atom is -0.465 e. The van der Waals surface area contributed by atoms with Gasteiger partial charge in [0.2, 0.25) is 0 Å². The van der Waals surface area contributed by atoms with Gasteiger partial charge < -0.3 is 4.74 Å². The molecule has 0 aliphatic rings. The van der Waals surface area contributed by atoms with Crippen molar-refractivity contribution in [3.05, 3.63) is 48.6 Å². The van der Waals surface area contributed by atoms with Gasteiger partial charge in [-0.15, -0.1) is 6.58 Å². The second kappa shape index (κ2) is 6.66. The number of carbonyl (C=O) groups excluding carboxylic acids is 1. The predicted molar refractivity (Wildman–Crippen MR) is 72.9 cm³/mol. The lowest BCUT2D eigenvalue weighted by Gasteiger charge is -2.19. The summed E-state index contributed by atoms with van der Waals surface area (Å²) in [5, 5.41) is 0. The fraction of sp³-hybridized carbons (Fsp3) is 0.312. The smallest absolute Gasteiger partial charge is 0.324 e. The van der Waals surface area contributed by atoms with E-state index in [0.29, 0.717) is 13.0 Å². The molecule has 2 nitrogen and oxygen atoms in total. The van der Waals surface area contributed by atoms with Gasteiger partial charge in [0.1, 0.15) is 5.41 Å². The first-order valence-electron chi connectivity index (χ1n) is 5.98. The molecule has 2 heteroatoms. The van der Waals surface area contributed by atoms with Crippen LogP contribution in [0.4, 0.5) is 0 Å². The van der Waals surface area contributed by atoms with E-state index in [9.17, 15) is 4.79 Å². The molecule has 0 N–H and O–H groups in total. The quantitative estimate of drug-likeness (QED) is 0.460. The molecule has 0 aliphatic carbocycles. The van der Waals surface area contributed by atoms with E-state index in [-0.39, 0.29) is 5.97 Å². The fourth-order valence-electron chi connectivity index (χ4n) is 1.50. The van der Waals surface area contributed by atoms with Crippen LogP contribution in [0, 0.1) is 17.3 Å². The summed E-state index contributed by atoms with van der Waals surface area (Å²) in [5.74, 6) is 5.72.